The van der Waals surface area contributed by atoms with E-state index in [1.165, 1.54) is 0 Å². The van der Waals surface area contributed by atoms with Crippen molar-refractivity contribution < 1.29 is 9.90 Å². The third kappa shape index (κ3) is 4.56. The van der Waals surface area contributed by atoms with Crippen LogP contribution in [0.2, 0.25) is 0 Å². The number of carbonyl (C=O) groups excluding carboxylic acids is 1. The molecule has 0 bridgehead atoms. The Morgan fingerprint density at radius 1 is 1.35 bits per heavy atom. The number of carbonyl (C=O) groups is 1. The third-order valence-electron chi connectivity index (χ3n) is 4.06. The smallest absolute Gasteiger partial charge is 0.315 e. The number of nitrogens with one attached hydrogen (secondary N) is 2. The second kappa shape index (κ2) is 7.28. The van der Waals surface area contributed by atoms with Crippen LogP contribution in [0.25, 0.3) is 5.69 Å². The average Bonchev–Trinajstić information content (AvgIpc) is 3.05. The molecule has 0 saturated heterocycles. The maximum absolute atomic E-state index is 11.9. The van der Waals surface area contributed by atoms with Crippen molar-refractivity contribution in [1.82, 2.24) is 20.2 Å². The number of benzene rings is 1. The van der Waals surface area contributed by atoms with Crippen molar-refractivity contribution in [2.75, 3.05) is 6.54 Å². The van der Waals surface area contributed by atoms with Gasteiger partial charge in [-0.1, -0.05) is 32.0 Å². The molecule has 0 aliphatic heterocycles. The summed E-state index contributed by atoms with van der Waals surface area (Å²) in [5.74, 6) is 0.0600. The van der Waals surface area contributed by atoms with Gasteiger partial charge in [-0.15, -0.1) is 0 Å². The normalized spacial score (nSPS) is 13.6. The molecule has 2 rings (SSSR count). The molecule has 0 fully saturated rings. The molecule has 1 atom stereocenters. The number of para-hydroxylation sites is 1. The van der Waals surface area contributed by atoms with Gasteiger partial charge in [0.25, 0.3) is 0 Å². The van der Waals surface area contributed by atoms with Crippen molar-refractivity contribution in [2.24, 2.45) is 5.92 Å². The highest BCUT2D eigenvalue weighted by Crippen LogP contribution is 2.15. The number of hydrogen-bond acceptors (Lipinski definition) is 3. The first-order valence-corrected chi connectivity index (χ1v) is 7.70. The average molecular weight is 316 g/mol. The zero-order chi connectivity index (χ0) is 16.9. The first-order chi connectivity index (χ1) is 10.9. The molecule has 1 aromatic heterocycles. The molecule has 124 valence electrons. The Morgan fingerprint density at radius 3 is 2.74 bits per heavy atom. The fourth-order valence-electron chi connectivity index (χ4n) is 2.02. The zero-order valence-corrected chi connectivity index (χ0v) is 13.8. The first-order valence-electron chi connectivity index (χ1n) is 7.70. The predicted molar refractivity (Wildman–Crippen MR) is 89.3 cm³/mol. The van der Waals surface area contributed by atoms with Crippen molar-refractivity contribution in [1.29, 1.82) is 0 Å². The molecule has 0 radical (unpaired) electrons. The van der Waals surface area contributed by atoms with Crippen LogP contribution in [-0.2, 0) is 6.54 Å². The van der Waals surface area contributed by atoms with Gasteiger partial charge >= 0.3 is 6.03 Å². The van der Waals surface area contributed by atoms with Crippen LogP contribution >= 0.6 is 0 Å². The lowest BCUT2D eigenvalue weighted by atomic mass is 9.93. The van der Waals surface area contributed by atoms with Crippen LogP contribution in [0.5, 0.6) is 0 Å². The van der Waals surface area contributed by atoms with Gasteiger partial charge in [-0.05, 0) is 24.5 Å². The topological polar surface area (TPSA) is 79.2 Å². The molecule has 0 spiro atoms. The second-order valence-electron chi connectivity index (χ2n) is 6.15. The van der Waals surface area contributed by atoms with E-state index in [9.17, 15) is 9.90 Å². The van der Waals surface area contributed by atoms with E-state index < -0.39 is 5.60 Å². The third-order valence-corrected chi connectivity index (χ3v) is 4.06. The highest BCUT2D eigenvalue weighted by atomic mass is 16.3. The van der Waals surface area contributed by atoms with Crippen LogP contribution in [0.3, 0.4) is 0 Å². The molecule has 0 aliphatic rings. The van der Waals surface area contributed by atoms with Gasteiger partial charge in [0, 0.05) is 25.5 Å². The second-order valence-corrected chi connectivity index (χ2v) is 6.15. The van der Waals surface area contributed by atoms with Gasteiger partial charge in [0.05, 0.1) is 17.6 Å². The predicted octanol–water partition coefficient (Wildman–Crippen LogP) is 2.08. The lowest BCUT2D eigenvalue weighted by molar-refractivity contribution is 0.0166. The lowest BCUT2D eigenvalue weighted by Gasteiger charge is -2.27. The van der Waals surface area contributed by atoms with Gasteiger partial charge in [-0.25, -0.2) is 9.78 Å². The van der Waals surface area contributed by atoms with Crippen LogP contribution in [0, 0.1) is 5.92 Å². The van der Waals surface area contributed by atoms with Gasteiger partial charge in [-0.2, -0.15) is 0 Å². The first kappa shape index (κ1) is 17.0. The van der Waals surface area contributed by atoms with E-state index in [0.29, 0.717) is 6.54 Å². The Balaban J connectivity index is 1.93. The molecule has 0 saturated carbocycles. The van der Waals surface area contributed by atoms with E-state index in [1.54, 1.807) is 19.4 Å². The number of rotatable bonds is 6. The standard InChI is InChI=1S/C17H24N4O2/c1-13(2)17(3,23)11-20-16(22)19-10-14-6-4-5-7-15(14)21-9-8-18-12-21/h4-9,12-13,23H,10-11H2,1-3H3,(H2,19,20,22). The Hall–Kier alpha value is -2.34. The molecule has 6 heteroatoms. The zero-order valence-electron chi connectivity index (χ0n) is 13.8. The lowest BCUT2D eigenvalue weighted by Crippen LogP contribution is -2.47. The fourth-order valence-corrected chi connectivity index (χ4v) is 2.02. The molecule has 1 unspecified atom stereocenters. The summed E-state index contributed by atoms with van der Waals surface area (Å²) >= 11 is 0. The molecule has 3 N–H and O–H groups in total. The summed E-state index contributed by atoms with van der Waals surface area (Å²) in [5.41, 5.74) is 1.03. The largest absolute Gasteiger partial charge is 0.388 e. The van der Waals surface area contributed by atoms with E-state index in [0.717, 1.165) is 11.3 Å². The molecule has 1 aromatic carbocycles. The number of hydrogen-bond donors (Lipinski definition) is 3. The maximum Gasteiger partial charge on any atom is 0.315 e. The fraction of sp³-hybridized carbons (Fsp3) is 0.412. The number of aliphatic hydroxyl groups is 1. The number of nitrogens with zero attached hydrogens (tertiary/aromatic N) is 2. The molecule has 2 amide bonds. The molecule has 0 aliphatic carbocycles. The molecular weight excluding hydrogens is 292 g/mol. The van der Waals surface area contributed by atoms with Crippen LogP contribution in [-0.4, -0.2) is 32.8 Å². The van der Waals surface area contributed by atoms with Crippen molar-refractivity contribution in [2.45, 2.75) is 32.9 Å². The quantitative estimate of drug-likeness (QED) is 0.763. The maximum atomic E-state index is 11.9. The Bertz CT molecular complexity index is 636. The highest BCUT2D eigenvalue weighted by Gasteiger charge is 2.25. The van der Waals surface area contributed by atoms with Crippen molar-refractivity contribution >= 4 is 6.03 Å². The number of imidazole rings is 1. The monoisotopic (exact) mass is 316 g/mol. The molecule has 6 nitrogen and oxygen atoms in total. The number of amides is 2. The van der Waals surface area contributed by atoms with E-state index >= 15 is 0 Å². The summed E-state index contributed by atoms with van der Waals surface area (Å²) < 4.78 is 1.90. The minimum Gasteiger partial charge on any atom is -0.388 e. The Labute approximate surface area is 136 Å². The van der Waals surface area contributed by atoms with Crippen molar-refractivity contribution in [3.8, 4) is 5.69 Å². The molecular formula is C17H24N4O2. The molecule has 2 aromatic rings. The Kier molecular flexibility index (Phi) is 5.39. The van der Waals surface area contributed by atoms with Crippen LogP contribution in [0.15, 0.2) is 43.0 Å². The molecule has 1 heterocycles. The summed E-state index contributed by atoms with van der Waals surface area (Å²) in [4.78, 5) is 16.0. The summed E-state index contributed by atoms with van der Waals surface area (Å²) in [6, 6.07) is 7.50. The van der Waals surface area contributed by atoms with Gasteiger partial charge in [0.15, 0.2) is 0 Å². The van der Waals surface area contributed by atoms with E-state index in [-0.39, 0.29) is 18.5 Å². The minimum absolute atomic E-state index is 0.0600. The summed E-state index contributed by atoms with van der Waals surface area (Å²) in [6.45, 7) is 6.15. The minimum atomic E-state index is -0.925. The van der Waals surface area contributed by atoms with Gasteiger partial charge in [-0.3, -0.25) is 0 Å². The summed E-state index contributed by atoms with van der Waals surface area (Å²) in [7, 11) is 0. The molecule has 23 heavy (non-hydrogen) atoms. The van der Waals surface area contributed by atoms with E-state index in [2.05, 4.69) is 15.6 Å². The van der Waals surface area contributed by atoms with Gasteiger partial charge < -0.3 is 20.3 Å². The van der Waals surface area contributed by atoms with E-state index in [4.69, 9.17) is 0 Å². The highest BCUT2D eigenvalue weighted by molar-refractivity contribution is 5.74. The van der Waals surface area contributed by atoms with Crippen LogP contribution in [0.4, 0.5) is 4.79 Å². The van der Waals surface area contributed by atoms with E-state index in [1.807, 2.05) is 48.9 Å². The van der Waals surface area contributed by atoms with Crippen LogP contribution in [0.1, 0.15) is 26.3 Å². The summed E-state index contributed by atoms with van der Waals surface area (Å²) in [5, 5.41) is 15.7. The van der Waals surface area contributed by atoms with Crippen molar-refractivity contribution in [3.63, 3.8) is 0 Å². The van der Waals surface area contributed by atoms with Crippen molar-refractivity contribution in [3.05, 3.63) is 48.5 Å². The number of aromatic nitrogens is 2. The van der Waals surface area contributed by atoms with Gasteiger partial charge in [0.1, 0.15) is 0 Å². The number of urea groups is 1. The van der Waals surface area contributed by atoms with Crippen LogP contribution < -0.4 is 10.6 Å². The summed E-state index contributed by atoms with van der Waals surface area (Å²) in [6.07, 6.45) is 5.29. The Morgan fingerprint density at radius 2 is 2.09 bits per heavy atom. The SMILES string of the molecule is CC(C)C(C)(O)CNC(=O)NCc1ccccc1-n1ccnc1. The van der Waals surface area contributed by atoms with Gasteiger partial charge in [0.2, 0.25) is 0 Å².